The lowest BCUT2D eigenvalue weighted by atomic mass is 9.93. The maximum atomic E-state index is 11.6. The molecule has 0 aliphatic carbocycles. The molecule has 7 heteroatoms. The van der Waals surface area contributed by atoms with Crippen LogP contribution in [0.4, 0.5) is 0 Å². The lowest BCUT2D eigenvalue weighted by Gasteiger charge is -2.31. The van der Waals surface area contributed by atoms with E-state index in [9.17, 15) is 13.5 Å². The Balaban J connectivity index is 1.98. The van der Waals surface area contributed by atoms with Gasteiger partial charge >= 0.3 is 0 Å². The second kappa shape index (κ2) is 5.87. The summed E-state index contributed by atoms with van der Waals surface area (Å²) in [5.41, 5.74) is 2.60. The van der Waals surface area contributed by atoms with Crippen molar-refractivity contribution < 1.29 is 13.5 Å². The molecule has 2 heterocycles. The standard InChI is InChI=1S/C12H20N2O3S2/c1-9-12(18-8-13-9)11(15)6-10-4-3-5-14(7-10)19(2,16)17/h8,10-11,15H,3-7H2,1-2H3. The summed E-state index contributed by atoms with van der Waals surface area (Å²) in [6.07, 6.45) is 3.17. The van der Waals surface area contributed by atoms with Crippen molar-refractivity contribution in [3.05, 3.63) is 16.1 Å². The van der Waals surface area contributed by atoms with E-state index in [0.717, 1.165) is 23.4 Å². The Hall–Kier alpha value is -0.500. The maximum Gasteiger partial charge on any atom is 0.211 e. The third-order valence-corrected chi connectivity index (χ3v) is 5.89. The largest absolute Gasteiger partial charge is 0.387 e. The van der Waals surface area contributed by atoms with Crippen LogP contribution in [0, 0.1) is 12.8 Å². The van der Waals surface area contributed by atoms with Crippen LogP contribution < -0.4 is 0 Å². The summed E-state index contributed by atoms with van der Waals surface area (Å²) in [6, 6.07) is 0. The first kappa shape index (κ1) is 14.9. The van der Waals surface area contributed by atoms with Gasteiger partial charge in [-0.2, -0.15) is 0 Å². The molecule has 0 radical (unpaired) electrons. The van der Waals surface area contributed by atoms with Gasteiger partial charge in [-0.1, -0.05) is 0 Å². The molecule has 2 rings (SSSR count). The van der Waals surface area contributed by atoms with Gasteiger partial charge in [0.05, 0.1) is 28.4 Å². The van der Waals surface area contributed by atoms with E-state index in [0.29, 0.717) is 19.5 Å². The summed E-state index contributed by atoms with van der Waals surface area (Å²) in [6.45, 7) is 3.01. The fraction of sp³-hybridized carbons (Fsp3) is 0.750. The molecule has 19 heavy (non-hydrogen) atoms. The maximum absolute atomic E-state index is 11.6. The topological polar surface area (TPSA) is 70.5 Å². The number of aryl methyl sites for hydroxylation is 1. The number of aliphatic hydroxyl groups excluding tert-OH is 1. The molecule has 1 aromatic heterocycles. The first-order valence-corrected chi connectivity index (χ1v) is 9.14. The van der Waals surface area contributed by atoms with Crippen LogP contribution in [0.2, 0.25) is 0 Å². The van der Waals surface area contributed by atoms with E-state index >= 15 is 0 Å². The number of nitrogens with zero attached hydrogens (tertiary/aromatic N) is 2. The highest BCUT2D eigenvalue weighted by Gasteiger charge is 2.28. The van der Waals surface area contributed by atoms with Crippen molar-refractivity contribution in [2.75, 3.05) is 19.3 Å². The van der Waals surface area contributed by atoms with Gasteiger partial charge in [-0.05, 0) is 32.1 Å². The van der Waals surface area contributed by atoms with Gasteiger partial charge in [0.15, 0.2) is 0 Å². The van der Waals surface area contributed by atoms with E-state index in [1.54, 1.807) is 5.51 Å². The van der Waals surface area contributed by atoms with Crippen molar-refractivity contribution in [3.63, 3.8) is 0 Å². The molecule has 2 unspecified atom stereocenters. The predicted molar refractivity (Wildman–Crippen MR) is 75.6 cm³/mol. The third kappa shape index (κ3) is 3.75. The monoisotopic (exact) mass is 304 g/mol. The summed E-state index contributed by atoms with van der Waals surface area (Å²) in [5, 5.41) is 10.2. The van der Waals surface area contributed by atoms with Crippen molar-refractivity contribution in [3.8, 4) is 0 Å². The highest BCUT2D eigenvalue weighted by molar-refractivity contribution is 7.88. The fourth-order valence-corrected chi connectivity index (χ4v) is 4.32. The summed E-state index contributed by atoms with van der Waals surface area (Å²) < 4.78 is 24.6. The Labute approximate surface area is 118 Å². The highest BCUT2D eigenvalue weighted by Crippen LogP contribution is 2.31. The van der Waals surface area contributed by atoms with Crippen LogP contribution in [0.15, 0.2) is 5.51 Å². The minimum atomic E-state index is -3.11. The molecule has 1 aromatic rings. The number of aliphatic hydroxyl groups is 1. The van der Waals surface area contributed by atoms with Crippen LogP contribution >= 0.6 is 11.3 Å². The summed E-state index contributed by atoms with van der Waals surface area (Å²) in [5.74, 6) is 0.222. The molecule has 0 saturated carbocycles. The Kier molecular flexibility index (Phi) is 4.60. The quantitative estimate of drug-likeness (QED) is 0.916. The molecule has 2 atom stereocenters. The number of piperidine rings is 1. The van der Waals surface area contributed by atoms with E-state index in [2.05, 4.69) is 4.98 Å². The van der Waals surface area contributed by atoms with Gasteiger partial charge in [-0.15, -0.1) is 11.3 Å². The van der Waals surface area contributed by atoms with E-state index in [-0.39, 0.29) is 5.92 Å². The summed E-state index contributed by atoms with van der Waals surface area (Å²) >= 11 is 1.46. The van der Waals surface area contributed by atoms with Crippen molar-refractivity contribution >= 4 is 21.4 Å². The number of thiazole rings is 1. The second-order valence-corrected chi connectivity index (χ2v) is 8.05. The zero-order valence-corrected chi connectivity index (χ0v) is 12.9. The molecule has 1 fully saturated rings. The lowest BCUT2D eigenvalue weighted by molar-refractivity contribution is 0.125. The predicted octanol–water partition coefficient (Wildman–Crippen LogP) is 1.55. The third-order valence-electron chi connectivity index (χ3n) is 3.59. The summed E-state index contributed by atoms with van der Waals surface area (Å²) in [4.78, 5) is 5.04. The van der Waals surface area contributed by atoms with Gasteiger partial charge in [0.2, 0.25) is 10.0 Å². The van der Waals surface area contributed by atoms with Gasteiger partial charge in [-0.25, -0.2) is 17.7 Å². The molecule has 0 aromatic carbocycles. The van der Waals surface area contributed by atoms with Crippen molar-refractivity contribution in [2.24, 2.45) is 5.92 Å². The Morgan fingerprint density at radius 3 is 2.95 bits per heavy atom. The van der Waals surface area contributed by atoms with Crippen LogP contribution in [-0.4, -0.2) is 42.2 Å². The van der Waals surface area contributed by atoms with Gasteiger partial charge in [0.25, 0.3) is 0 Å². The van der Waals surface area contributed by atoms with E-state index < -0.39 is 16.1 Å². The second-order valence-electron chi connectivity index (χ2n) is 5.18. The lowest BCUT2D eigenvalue weighted by Crippen LogP contribution is -2.39. The van der Waals surface area contributed by atoms with Crippen LogP contribution in [0.1, 0.15) is 35.9 Å². The number of rotatable bonds is 4. The normalized spacial score (nSPS) is 23.4. The molecule has 0 amide bonds. The Morgan fingerprint density at radius 1 is 1.63 bits per heavy atom. The van der Waals surface area contributed by atoms with Gasteiger partial charge in [0, 0.05) is 13.1 Å². The number of hydrogen-bond acceptors (Lipinski definition) is 5. The first-order chi connectivity index (χ1) is 8.88. The summed E-state index contributed by atoms with van der Waals surface area (Å²) in [7, 11) is -3.11. The van der Waals surface area contributed by atoms with Gasteiger partial charge in [-0.3, -0.25) is 0 Å². The van der Waals surface area contributed by atoms with Crippen LogP contribution in [0.3, 0.4) is 0 Å². The molecule has 1 aliphatic rings. The van der Waals surface area contributed by atoms with E-state index in [1.807, 2.05) is 6.92 Å². The molecule has 108 valence electrons. The molecular formula is C12H20N2O3S2. The van der Waals surface area contributed by atoms with Gasteiger partial charge < -0.3 is 5.11 Å². The fourth-order valence-electron chi connectivity index (χ4n) is 2.57. The van der Waals surface area contributed by atoms with Crippen LogP contribution in [0.5, 0.6) is 0 Å². The van der Waals surface area contributed by atoms with Crippen molar-refractivity contribution in [1.82, 2.24) is 9.29 Å². The van der Waals surface area contributed by atoms with Crippen LogP contribution in [0.25, 0.3) is 0 Å². The highest BCUT2D eigenvalue weighted by atomic mass is 32.2. The number of hydrogen-bond donors (Lipinski definition) is 1. The van der Waals surface area contributed by atoms with Gasteiger partial charge in [0.1, 0.15) is 0 Å². The van der Waals surface area contributed by atoms with E-state index in [4.69, 9.17) is 0 Å². The minimum absolute atomic E-state index is 0.222. The number of sulfonamides is 1. The number of aromatic nitrogens is 1. The zero-order chi connectivity index (χ0) is 14.0. The van der Waals surface area contributed by atoms with Crippen molar-refractivity contribution in [2.45, 2.75) is 32.3 Å². The average molecular weight is 304 g/mol. The molecule has 1 saturated heterocycles. The SMILES string of the molecule is Cc1ncsc1C(O)CC1CCCN(S(C)(=O)=O)C1. The van der Waals surface area contributed by atoms with Crippen LogP contribution in [-0.2, 0) is 10.0 Å². The molecule has 1 N–H and O–H groups in total. The van der Waals surface area contributed by atoms with Crippen molar-refractivity contribution in [1.29, 1.82) is 0 Å². The van der Waals surface area contributed by atoms with E-state index in [1.165, 1.54) is 21.9 Å². The Morgan fingerprint density at radius 2 is 2.37 bits per heavy atom. The first-order valence-electron chi connectivity index (χ1n) is 6.41. The average Bonchev–Trinajstić information content (AvgIpc) is 2.75. The smallest absolute Gasteiger partial charge is 0.211 e. The molecule has 0 bridgehead atoms. The molecular weight excluding hydrogens is 284 g/mol. The Bertz CT molecular complexity index is 527. The minimum Gasteiger partial charge on any atom is -0.387 e. The molecule has 1 aliphatic heterocycles. The molecule has 0 spiro atoms. The zero-order valence-electron chi connectivity index (χ0n) is 11.2. The molecule has 5 nitrogen and oxygen atoms in total.